The predicted molar refractivity (Wildman–Crippen MR) is 138 cm³/mol. The molecule has 0 fully saturated rings. The van der Waals surface area contributed by atoms with Crippen LogP contribution in [-0.2, 0) is 4.79 Å². The smallest absolute Gasteiger partial charge is 0.229 e. The third kappa shape index (κ3) is 5.94. The zero-order chi connectivity index (χ0) is 22.3. The van der Waals surface area contributed by atoms with Crippen LogP contribution < -0.4 is 5.32 Å². The van der Waals surface area contributed by atoms with Crippen LogP contribution in [0.3, 0.4) is 0 Å². The van der Waals surface area contributed by atoms with E-state index < -0.39 is 0 Å². The lowest BCUT2D eigenvalue weighted by Gasteiger charge is -2.08. The van der Waals surface area contributed by atoms with E-state index in [1.807, 2.05) is 84.9 Å². The zero-order valence-corrected chi connectivity index (χ0v) is 20.2. The summed E-state index contributed by atoms with van der Waals surface area (Å²) in [6, 6.07) is 25.3. The second kappa shape index (κ2) is 10.4. The highest BCUT2D eigenvalue weighted by Crippen LogP contribution is 2.22. The summed E-state index contributed by atoms with van der Waals surface area (Å²) in [6.45, 7) is 0. The number of nitrogens with zero attached hydrogens (tertiary/aromatic N) is 1. The van der Waals surface area contributed by atoms with Crippen molar-refractivity contribution in [3.05, 3.63) is 111 Å². The van der Waals surface area contributed by atoms with Crippen molar-refractivity contribution < 1.29 is 4.79 Å². The molecule has 0 saturated carbocycles. The molecule has 4 rings (SSSR count). The molecule has 3 aromatic carbocycles. The number of halogens is 2. The van der Waals surface area contributed by atoms with Gasteiger partial charge in [0.05, 0.1) is 17.6 Å². The number of para-hydroxylation sites is 1. The van der Waals surface area contributed by atoms with E-state index in [1.165, 1.54) is 0 Å². The van der Waals surface area contributed by atoms with Gasteiger partial charge in [-0.1, -0.05) is 74.0 Å². The molecule has 0 bridgehead atoms. The number of fused-ring (bicyclic) bond motifs is 1. The predicted octanol–water partition coefficient (Wildman–Crippen LogP) is 7.22. The number of hydrogen-bond acceptors (Lipinski definition) is 2. The Morgan fingerprint density at radius 2 is 1.59 bits per heavy atom. The molecule has 0 spiro atoms. The van der Waals surface area contributed by atoms with Crippen molar-refractivity contribution in [3.8, 4) is 11.8 Å². The average Bonchev–Trinajstić information content (AvgIpc) is 2.80. The molecule has 156 valence electrons. The number of hydrogen-bond donors (Lipinski definition) is 1. The molecule has 3 nitrogen and oxygen atoms in total. The van der Waals surface area contributed by atoms with Crippen LogP contribution in [0.5, 0.6) is 0 Å². The van der Waals surface area contributed by atoms with Crippen molar-refractivity contribution in [3.63, 3.8) is 0 Å². The molecule has 0 unspecified atom stereocenters. The summed E-state index contributed by atoms with van der Waals surface area (Å²) in [5.41, 5.74) is 4.04. The van der Waals surface area contributed by atoms with Crippen LogP contribution in [0.4, 0.5) is 5.69 Å². The molecule has 0 radical (unpaired) electrons. The van der Waals surface area contributed by atoms with Gasteiger partial charge in [-0.15, -0.1) is 0 Å². The van der Waals surface area contributed by atoms with Gasteiger partial charge < -0.3 is 5.32 Å². The largest absolute Gasteiger partial charge is 0.324 e. The minimum atomic E-state index is -0.142. The van der Waals surface area contributed by atoms with Gasteiger partial charge in [-0.3, -0.25) is 9.78 Å². The van der Waals surface area contributed by atoms with Crippen LogP contribution in [0.25, 0.3) is 17.0 Å². The number of carbonyl (C=O) groups excluding carboxylic acids is 1. The van der Waals surface area contributed by atoms with E-state index >= 15 is 0 Å². The van der Waals surface area contributed by atoms with Gasteiger partial charge in [-0.05, 0) is 60.2 Å². The second-order valence-electron chi connectivity index (χ2n) is 7.08. The quantitative estimate of drug-likeness (QED) is 0.275. The maximum absolute atomic E-state index is 12.9. The normalized spacial score (nSPS) is 11.0. The Hall–Kier alpha value is -3.20. The maximum Gasteiger partial charge on any atom is 0.229 e. The minimum Gasteiger partial charge on any atom is -0.324 e. The van der Waals surface area contributed by atoms with E-state index in [2.05, 4.69) is 54.0 Å². The number of rotatable bonds is 4. The molecule has 0 saturated heterocycles. The zero-order valence-electron chi connectivity index (χ0n) is 17.0. The molecule has 32 heavy (non-hydrogen) atoms. The lowest BCUT2D eigenvalue weighted by Crippen LogP contribution is -2.12. The number of benzene rings is 3. The fourth-order valence-electron chi connectivity index (χ4n) is 3.15. The fourth-order valence-corrected chi connectivity index (χ4v) is 3.68. The highest BCUT2D eigenvalue weighted by Gasteiger charge is 2.09. The Balaban J connectivity index is 1.60. The topological polar surface area (TPSA) is 42.0 Å². The SMILES string of the molecule is O=C(C/C(C#Cc1ccc(Br)cc1)=C\c1ccc(Br)cc1)Nc1cccc2cccnc12. The van der Waals surface area contributed by atoms with Crippen molar-refractivity contribution in [1.82, 2.24) is 4.98 Å². The van der Waals surface area contributed by atoms with Crippen molar-refractivity contribution in [2.45, 2.75) is 6.42 Å². The first-order chi connectivity index (χ1) is 15.6. The van der Waals surface area contributed by atoms with Crippen LogP contribution in [0.15, 0.2) is 99.6 Å². The van der Waals surface area contributed by atoms with Crippen LogP contribution in [0, 0.1) is 11.8 Å². The monoisotopic (exact) mass is 544 g/mol. The summed E-state index contributed by atoms with van der Waals surface area (Å²) < 4.78 is 2.00. The van der Waals surface area contributed by atoms with E-state index in [4.69, 9.17) is 0 Å². The molecule has 1 amide bonds. The van der Waals surface area contributed by atoms with Crippen molar-refractivity contribution >= 4 is 60.4 Å². The third-order valence-corrected chi connectivity index (χ3v) is 5.74. The number of carbonyl (C=O) groups is 1. The van der Waals surface area contributed by atoms with E-state index in [0.717, 1.165) is 36.5 Å². The van der Waals surface area contributed by atoms with Gasteiger partial charge in [-0.2, -0.15) is 0 Å². The van der Waals surface area contributed by atoms with E-state index in [-0.39, 0.29) is 12.3 Å². The van der Waals surface area contributed by atoms with Gasteiger partial charge in [0.15, 0.2) is 0 Å². The Labute approximate surface area is 203 Å². The molecule has 0 atom stereocenters. The van der Waals surface area contributed by atoms with Gasteiger partial charge in [-0.25, -0.2) is 0 Å². The summed E-state index contributed by atoms with van der Waals surface area (Å²) in [4.78, 5) is 17.3. The summed E-state index contributed by atoms with van der Waals surface area (Å²) in [5, 5.41) is 3.97. The molecule has 0 aliphatic carbocycles. The standard InChI is InChI=1S/C27H18Br2N2O/c28-23-12-8-19(9-13-23)6-7-21(17-20-10-14-24(29)15-11-20)18-26(32)31-25-5-1-3-22-4-2-16-30-27(22)25/h1-5,8-17H,18H2,(H,31,32)/b21-17-. The molecule has 0 aliphatic heterocycles. The molecular formula is C27H18Br2N2O. The average molecular weight is 546 g/mol. The van der Waals surface area contributed by atoms with Gasteiger partial charge in [0.1, 0.15) is 0 Å². The molecule has 4 aromatic rings. The summed E-state index contributed by atoms with van der Waals surface area (Å²) in [7, 11) is 0. The first-order valence-electron chi connectivity index (χ1n) is 9.94. The van der Waals surface area contributed by atoms with Crippen LogP contribution in [0.1, 0.15) is 17.5 Å². The minimum absolute atomic E-state index is 0.142. The number of anilines is 1. The summed E-state index contributed by atoms with van der Waals surface area (Å²) in [5.74, 6) is 6.20. The molecule has 5 heteroatoms. The van der Waals surface area contributed by atoms with Crippen LogP contribution in [-0.4, -0.2) is 10.9 Å². The molecule has 1 N–H and O–H groups in total. The number of amides is 1. The van der Waals surface area contributed by atoms with Gasteiger partial charge in [0, 0.05) is 31.7 Å². The first kappa shape index (κ1) is 22.0. The Morgan fingerprint density at radius 1 is 0.906 bits per heavy atom. The van der Waals surface area contributed by atoms with Crippen LogP contribution in [0.2, 0.25) is 0 Å². The number of nitrogens with one attached hydrogen (secondary N) is 1. The first-order valence-corrected chi connectivity index (χ1v) is 11.5. The fraction of sp³-hybridized carbons (Fsp3) is 0.0370. The number of pyridine rings is 1. The molecular weight excluding hydrogens is 528 g/mol. The molecule has 0 aliphatic rings. The van der Waals surface area contributed by atoms with Gasteiger partial charge in [0.25, 0.3) is 0 Å². The van der Waals surface area contributed by atoms with Gasteiger partial charge in [0.2, 0.25) is 5.91 Å². The summed E-state index contributed by atoms with van der Waals surface area (Å²) >= 11 is 6.89. The van der Waals surface area contributed by atoms with E-state index in [9.17, 15) is 4.79 Å². The highest BCUT2D eigenvalue weighted by atomic mass is 79.9. The lowest BCUT2D eigenvalue weighted by atomic mass is 10.1. The van der Waals surface area contributed by atoms with Crippen molar-refractivity contribution in [1.29, 1.82) is 0 Å². The van der Waals surface area contributed by atoms with E-state index in [0.29, 0.717) is 5.69 Å². The molecule has 1 heterocycles. The Morgan fingerprint density at radius 3 is 2.34 bits per heavy atom. The van der Waals surface area contributed by atoms with Crippen molar-refractivity contribution in [2.75, 3.05) is 5.32 Å². The maximum atomic E-state index is 12.9. The Bertz CT molecular complexity index is 1340. The van der Waals surface area contributed by atoms with E-state index in [1.54, 1.807) is 6.20 Å². The van der Waals surface area contributed by atoms with Crippen LogP contribution >= 0.6 is 31.9 Å². The third-order valence-electron chi connectivity index (χ3n) is 4.68. The number of aromatic nitrogens is 1. The highest BCUT2D eigenvalue weighted by molar-refractivity contribution is 9.10. The molecule has 1 aromatic heterocycles. The lowest BCUT2D eigenvalue weighted by molar-refractivity contribution is -0.115. The second-order valence-corrected chi connectivity index (χ2v) is 8.92. The Kier molecular flexibility index (Phi) is 7.16. The summed E-state index contributed by atoms with van der Waals surface area (Å²) in [6.07, 6.45) is 3.82. The van der Waals surface area contributed by atoms with Crippen molar-refractivity contribution in [2.24, 2.45) is 0 Å². The van der Waals surface area contributed by atoms with Gasteiger partial charge >= 0.3 is 0 Å².